The molecule has 1 atom stereocenters. The van der Waals surface area contributed by atoms with Gasteiger partial charge in [-0.1, -0.05) is 25.3 Å². The molecule has 3 nitrogen and oxygen atoms in total. The van der Waals surface area contributed by atoms with Gasteiger partial charge in [0, 0.05) is 6.20 Å². The third-order valence-electron chi connectivity index (χ3n) is 4.75. The molecule has 0 aliphatic heterocycles. The number of nitrogens with zero attached hydrogens (tertiary/aromatic N) is 1. The zero-order valence-corrected chi connectivity index (χ0v) is 11.4. The fourth-order valence-corrected chi connectivity index (χ4v) is 3.64. The lowest BCUT2D eigenvalue weighted by Gasteiger charge is -2.36. The second-order valence-electron chi connectivity index (χ2n) is 6.07. The van der Waals surface area contributed by atoms with Crippen molar-refractivity contribution in [2.75, 3.05) is 0 Å². The molecular weight excluding hydrogens is 236 g/mol. The lowest BCUT2D eigenvalue weighted by molar-refractivity contribution is -0.127. The fraction of sp³-hybridized carbons (Fsp3) is 0.625. The summed E-state index contributed by atoms with van der Waals surface area (Å²) in [5, 5.41) is 0. The van der Waals surface area contributed by atoms with E-state index < -0.39 is 5.54 Å². The van der Waals surface area contributed by atoms with E-state index in [-0.39, 0.29) is 11.7 Å². The van der Waals surface area contributed by atoms with Crippen LogP contribution in [0.15, 0.2) is 18.3 Å². The average Bonchev–Trinajstić information content (AvgIpc) is 2.47. The number of pyridine rings is 1. The maximum Gasteiger partial charge on any atom is 0.161 e. The van der Waals surface area contributed by atoms with Gasteiger partial charge in [-0.2, -0.15) is 0 Å². The highest BCUT2D eigenvalue weighted by molar-refractivity contribution is 5.94. The molecule has 19 heavy (non-hydrogen) atoms. The van der Waals surface area contributed by atoms with E-state index >= 15 is 0 Å². The first-order chi connectivity index (χ1) is 9.21. The van der Waals surface area contributed by atoms with Gasteiger partial charge in [-0.05, 0) is 43.7 Å². The van der Waals surface area contributed by atoms with E-state index in [1.54, 1.807) is 6.20 Å². The Balaban J connectivity index is 1.88. The summed E-state index contributed by atoms with van der Waals surface area (Å²) < 4.78 is 0. The summed E-state index contributed by atoms with van der Waals surface area (Å²) in [5.41, 5.74) is 8.06. The average molecular weight is 258 g/mol. The van der Waals surface area contributed by atoms with Gasteiger partial charge in [0.25, 0.3) is 0 Å². The molecule has 0 aromatic carbocycles. The fourth-order valence-electron chi connectivity index (χ4n) is 3.64. The van der Waals surface area contributed by atoms with Crippen molar-refractivity contribution in [3.63, 3.8) is 0 Å². The van der Waals surface area contributed by atoms with Crippen molar-refractivity contribution in [3.05, 3.63) is 29.6 Å². The number of aromatic nitrogens is 1. The highest BCUT2D eigenvalue weighted by atomic mass is 16.1. The van der Waals surface area contributed by atoms with Gasteiger partial charge in [0.05, 0.1) is 17.2 Å². The van der Waals surface area contributed by atoms with Crippen LogP contribution in [-0.4, -0.2) is 16.3 Å². The Morgan fingerprint density at radius 3 is 2.84 bits per heavy atom. The van der Waals surface area contributed by atoms with Crippen LogP contribution in [0.3, 0.4) is 0 Å². The van der Waals surface area contributed by atoms with Crippen molar-refractivity contribution in [3.8, 4) is 0 Å². The van der Waals surface area contributed by atoms with Crippen LogP contribution in [0, 0.1) is 0 Å². The normalized spacial score (nSPS) is 25.6. The first kappa shape index (κ1) is 12.8. The molecule has 1 aromatic heterocycles. The van der Waals surface area contributed by atoms with Crippen LogP contribution in [0.1, 0.15) is 62.1 Å². The molecule has 2 aliphatic rings. The number of hydrogen-bond donors (Lipinski definition) is 1. The lowest BCUT2D eigenvalue weighted by atomic mass is 9.71. The second-order valence-corrected chi connectivity index (χ2v) is 6.07. The monoisotopic (exact) mass is 258 g/mol. The van der Waals surface area contributed by atoms with E-state index in [0.29, 0.717) is 0 Å². The maximum atomic E-state index is 12.9. The van der Waals surface area contributed by atoms with Crippen molar-refractivity contribution in [1.29, 1.82) is 0 Å². The zero-order chi connectivity index (χ0) is 13.3. The Morgan fingerprint density at radius 2 is 2.05 bits per heavy atom. The van der Waals surface area contributed by atoms with Crippen LogP contribution in [-0.2, 0) is 11.2 Å². The summed E-state index contributed by atoms with van der Waals surface area (Å²) >= 11 is 0. The molecule has 102 valence electrons. The second kappa shape index (κ2) is 5.04. The van der Waals surface area contributed by atoms with E-state index in [0.717, 1.165) is 50.6 Å². The van der Waals surface area contributed by atoms with Gasteiger partial charge in [0.2, 0.25) is 0 Å². The molecule has 3 heteroatoms. The smallest absolute Gasteiger partial charge is 0.161 e. The molecule has 0 amide bonds. The van der Waals surface area contributed by atoms with Gasteiger partial charge in [0.15, 0.2) is 5.78 Å². The molecule has 1 aromatic rings. The van der Waals surface area contributed by atoms with Gasteiger partial charge < -0.3 is 5.73 Å². The highest BCUT2D eigenvalue weighted by Gasteiger charge is 2.41. The van der Waals surface area contributed by atoms with E-state index in [1.165, 1.54) is 12.0 Å². The number of carbonyl (C=O) groups excluding carboxylic acids is 1. The molecule has 1 heterocycles. The third-order valence-corrected chi connectivity index (χ3v) is 4.75. The van der Waals surface area contributed by atoms with Crippen LogP contribution < -0.4 is 5.73 Å². The number of ketones is 1. The molecule has 0 bridgehead atoms. The number of hydrogen-bond acceptors (Lipinski definition) is 3. The Bertz CT molecular complexity index is 477. The van der Waals surface area contributed by atoms with Gasteiger partial charge in [-0.15, -0.1) is 0 Å². The summed E-state index contributed by atoms with van der Waals surface area (Å²) in [4.78, 5) is 17.3. The minimum absolute atomic E-state index is 0.0620. The first-order valence-electron chi connectivity index (χ1n) is 7.48. The maximum absolute atomic E-state index is 12.9. The molecule has 3 rings (SSSR count). The number of nitrogens with two attached hydrogens (primary N) is 1. The summed E-state index contributed by atoms with van der Waals surface area (Å²) in [6.45, 7) is 0. The standard InChI is InChI=1S/C16H22N2O/c17-16(9-2-1-3-10-16)15(19)13-8-4-6-12-7-5-11-18-14(12)13/h5,7,11,13H,1-4,6,8-10,17H2. The third kappa shape index (κ3) is 2.32. The van der Waals surface area contributed by atoms with Gasteiger partial charge in [-0.25, -0.2) is 0 Å². The van der Waals surface area contributed by atoms with Gasteiger partial charge >= 0.3 is 0 Å². The predicted octanol–water partition coefficient (Wildman–Crippen LogP) is 2.73. The van der Waals surface area contributed by atoms with E-state index in [1.807, 2.05) is 6.07 Å². The highest BCUT2D eigenvalue weighted by Crippen LogP contribution is 2.37. The van der Waals surface area contributed by atoms with Crippen LogP contribution in [0.25, 0.3) is 0 Å². The Morgan fingerprint density at radius 1 is 1.26 bits per heavy atom. The summed E-state index contributed by atoms with van der Waals surface area (Å²) in [7, 11) is 0. The van der Waals surface area contributed by atoms with Crippen LogP contribution in [0.2, 0.25) is 0 Å². The summed E-state index contributed by atoms with van der Waals surface area (Å²) in [6.07, 6.45) is 9.93. The van der Waals surface area contributed by atoms with E-state index in [9.17, 15) is 4.79 Å². The molecule has 0 radical (unpaired) electrons. The van der Waals surface area contributed by atoms with Crippen LogP contribution in [0.5, 0.6) is 0 Å². The number of fused-ring (bicyclic) bond motifs is 1. The Labute approximate surface area is 114 Å². The number of rotatable bonds is 2. The predicted molar refractivity (Wildman–Crippen MR) is 74.9 cm³/mol. The number of carbonyl (C=O) groups is 1. The van der Waals surface area contributed by atoms with E-state index in [2.05, 4.69) is 11.1 Å². The molecule has 2 aliphatic carbocycles. The number of Topliss-reactive ketones (excluding diaryl/α,β-unsaturated/α-hetero) is 1. The Kier molecular flexibility index (Phi) is 3.40. The summed E-state index contributed by atoms with van der Waals surface area (Å²) in [6, 6.07) is 4.07. The minimum atomic E-state index is -0.588. The summed E-state index contributed by atoms with van der Waals surface area (Å²) in [5.74, 6) is 0.180. The SMILES string of the molecule is NC1(C(=O)C2CCCc3cccnc32)CCCCC1. The van der Waals surface area contributed by atoms with Crippen molar-refractivity contribution < 1.29 is 4.79 Å². The molecule has 1 fully saturated rings. The van der Waals surface area contributed by atoms with Gasteiger partial charge in [-0.3, -0.25) is 9.78 Å². The molecule has 0 spiro atoms. The molecule has 1 unspecified atom stereocenters. The number of aryl methyl sites for hydroxylation is 1. The molecule has 0 saturated heterocycles. The molecule has 2 N–H and O–H groups in total. The van der Waals surface area contributed by atoms with Crippen LogP contribution in [0.4, 0.5) is 0 Å². The first-order valence-corrected chi connectivity index (χ1v) is 7.48. The van der Waals surface area contributed by atoms with Crippen molar-refractivity contribution in [1.82, 2.24) is 4.98 Å². The largest absolute Gasteiger partial charge is 0.319 e. The minimum Gasteiger partial charge on any atom is -0.319 e. The van der Waals surface area contributed by atoms with E-state index in [4.69, 9.17) is 5.73 Å². The van der Waals surface area contributed by atoms with Crippen molar-refractivity contribution >= 4 is 5.78 Å². The quantitative estimate of drug-likeness (QED) is 0.887. The van der Waals surface area contributed by atoms with Crippen molar-refractivity contribution in [2.45, 2.75) is 62.8 Å². The molecule has 1 saturated carbocycles. The topological polar surface area (TPSA) is 56.0 Å². The zero-order valence-electron chi connectivity index (χ0n) is 11.4. The lowest BCUT2D eigenvalue weighted by Crippen LogP contribution is -2.52. The molecular formula is C16H22N2O. The van der Waals surface area contributed by atoms with Gasteiger partial charge in [0.1, 0.15) is 0 Å². The Hall–Kier alpha value is -1.22. The van der Waals surface area contributed by atoms with Crippen LogP contribution >= 0.6 is 0 Å². The van der Waals surface area contributed by atoms with Crippen molar-refractivity contribution in [2.24, 2.45) is 5.73 Å².